The molecule has 0 aliphatic heterocycles. The van der Waals surface area contributed by atoms with E-state index in [0.717, 1.165) is 35.4 Å². The molecular weight excluding hydrogens is 268 g/mol. The second-order valence-electron chi connectivity index (χ2n) is 3.83. The number of nitrogen functional groups attached to an aromatic ring is 1. The highest BCUT2D eigenvalue weighted by Gasteiger charge is 2.02. The van der Waals surface area contributed by atoms with Crippen molar-refractivity contribution in [2.45, 2.75) is 19.8 Å². The molecule has 0 bridgehead atoms. The molecule has 96 valence electrons. The van der Waals surface area contributed by atoms with Crippen molar-refractivity contribution in [3.05, 3.63) is 33.2 Å². The number of thiophene rings is 1. The van der Waals surface area contributed by atoms with E-state index in [-0.39, 0.29) is 0 Å². The summed E-state index contributed by atoms with van der Waals surface area (Å²) in [5, 5.41) is 3.25. The maximum Gasteiger partial charge on any atom is 0.132 e. The van der Waals surface area contributed by atoms with Gasteiger partial charge in [0.15, 0.2) is 0 Å². The Kier molecular flexibility index (Phi) is 4.38. The number of hydrogen-bond donors (Lipinski definition) is 2. The SMILES string of the molecule is CCc1nc(N)cc(NCCc2ccc(Cl)s2)n1. The number of aromatic nitrogens is 2. The highest BCUT2D eigenvalue weighted by molar-refractivity contribution is 7.16. The summed E-state index contributed by atoms with van der Waals surface area (Å²) in [6.07, 6.45) is 1.70. The predicted octanol–water partition coefficient (Wildman–Crippen LogP) is 2.99. The van der Waals surface area contributed by atoms with Crippen molar-refractivity contribution in [1.82, 2.24) is 9.97 Å². The molecule has 0 fully saturated rings. The van der Waals surface area contributed by atoms with Crippen molar-refractivity contribution < 1.29 is 0 Å². The maximum absolute atomic E-state index is 5.88. The lowest BCUT2D eigenvalue weighted by Crippen LogP contribution is -2.08. The Morgan fingerprint density at radius 1 is 1.39 bits per heavy atom. The molecular formula is C12H15ClN4S. The first-order valence-corrected chi connectivity index (χ1v) is 6.98. The quantitative estimate of drug-likeness (QED) is 0.885. The van der Waals surface area contributed by atoms with Gasteiger partial charge in [-0.3, -0.25) is 0 Å². The Labute approximate surface area is 115 Å². The van der Waals surface area contributed by atoms with Gasteiger partial charge >= 0.3 is 0 Å². The van der Waals surface area contributed by atoms with Gasteiger partial charge in [0.25, 0.3) is 0 Å². The van der Waals surface area contributed by atoms with Crippen molar-refractivity contribution >= 4 is 34.6 Å². The Balaban J connectivity index is 1.91. The van der Waals surface area contributed by atoms with E-state index >= 15 is 0 Å². The first kappa shape index (κ1) is 13.1. The summed E-state index contributed by atoms with van der Waals surface area (Å²) in [6.45, 7) is 2.81. The van der Waals surface area contributed by atoms with Crippen LogP contribution in [0.1, 0.15) is 17.6 Å². The Morgan fingerprint density at radius 2 is 2.22 bits per heavy atom. The molecule has 0 aliphatic carbocycles. The monoisotopic (exact) mass is 282 g/mol. The van der Waals surface area contributed by atoms with Gasteiger partial charge in [0.05, 0.1) is 4.34 Å². The molecule has 2 heterocycles. The Morgan fingerprint density at radius 3 is 2.89 bits per heavy atom. The van der Waals surface area contributed by atoms with E-state index in [0.29, 0.717) is 5.82 Å². The number of rotatable bonds is 5. The van der Waals surface area contributed by atoms with Gasteiger partial charge in [0.2, 0.25) is 0 Å². The van der Waals surface area contributed by atoms with Crippen LogP contribution in [-0.4, -0.2) is 16.5 Å². The fourth-order valence-corrected chi connectivity index (χ4v) is 2.65. The van der Waals surface area contributed by atoms with Gasteiger partial charge in [-0.25, -0.2) is 9.97 Å². The second-order valence-corrected chi connectivity index (χ2v) is 5.63. The molecule has 18 heavy (non-hydrogen) atoms. The molecule has 0 spiro atoms. The van der Waals surface area contributed by atoms with Crippen LogP contribution in [0.2, 0.25) is 4.34 Å². The summed E-state index contributed by atoms with van der Waals surface area (Å²) in [4.78, 5) is 9.75. The zero-order valence-corrected chi connectivity index (χ0v) is 11.7. The fraction of sp³-hybridized carbons (Fsp3) is 0.333. The first-order valence-electron chi connectivity index (χ1n) is 5.79. The summed E-state index contributed by atoms with van der Waals surface area (Å²) < 4.78 is 0.824. The molecule has 3 N–H and O–H groups in total. The Bertz CT molecular complexity index is 527. The maximum atomic E-state index is 5.88. The van der Waals surface area contributed by atoms with Crippen LogP contribution in [0.5, 0.6) is 0 Å². The molecule has 6 heteroatoms. The molecule has 0 aliphatic rings. The molecule has 0 atom stereocenters. The van der Waals surface area contributed by atoms with Gasteiger partial charge < -0.3 is 11.1 Å². The van der Waals surface area contributed by atoms with Gasteiger partial charge in [-0.1, -0.05) is 18.5 Å². The van der Waals surface area contributed by atoms with Crippen LogP contribution in [-0.2, 0) is 12.8 Å². The summed E-state index contributed by atoms with van der Waals surface area (Å²) in [7, 11) is 0. The zero-order chi connectivity index (χ0) is 13.0. The Hall–Kier alpha value is -1.33. The number of hydrogen-bond acceptors (Lipinski definition) is 5. The molecule has 0 saturated heterocycles. The van der Waals surface area contributed by atoms with Crippen LogP contribution in [0.25, 0.3) is 0 Å². The van der Waals surface area contributed by atoms with E-state index < -0.39 is 0 Å². The van der Waals surface area contributed by atoms with Gasteiger partial charge in [-0.15, -0.1) is 11.3 Å². The minimum Gasteiger partial charge on any atom is -0.384 e. The number of nitrogens with one attached hydrogen (secondary N) is 1. The number of halogens is 1. The van der Waals surface area contributed by atoms with Crippen LogP contribution in [0, 0.1) is 0 Å². The molecule has 2 aromatic heterocycles. The lowest BCUT2D eigenvalue weighted by Gasteiger charge is -2.06. The van der Waals surface area contributed by atoms with Crippen molar-refractivity contribution in [2.24, 2.45) is 0 Å². The van der Waals surface area contributed by atoms with E-state index in [9.17, 15) is 0 Å². The predicted molar refractivity (Wildman–Crippen MR) is 77.3 cm³/mol. The lowest BCUT2D eigenvalue weighted by atomic mass is 10.3. The summed E-state index contributed by atoms with van der Waals surface area (Å²) in [6, 6.07) is 5.71. The standard InChI is InChI=1S/C12H15ClN4S/c1-2-11-16-10(14)7-12(17-11)15-6-5-8-3-4-9(13)18-8/h3-4,7H,2,5-6H2,1H3,(H3,14,15,16,17). The van der Waals surface area contributed by atoms with Crippen molar-refractivity contribution in [3.63, 3.8) is 0 Å². The minimum atomic E-state index is 0.503. The highest BCUT2D eigenvalue weighted by atomic mass is 35.5. The largest absolute Gasteiger partial charge is 0.384 e. The van der Waals surface area contributed by atoms with Crippen LogP contribution >= 0.6 is 22.9 Å². The summed E-state index contributed by atoms with van der Waals surface area (Å²) >= 11 is 7.48. The topological polar surface area (TPSA) is 63.8 Å². The number of nitrogens with two attached hydrogens (primary N) is 1. The number of nitrogens with zero attached hydrogens (tertiary/aromatic N) is 2. The van der Waals surface area contributed by atoms with Crippen LogP contribution in [0.4, 0.5) is 11.6 Å². The molecule has 0 radical (unpaired) electrons. The highest BCUT2D eigenvalue weighted by Crippen LogP contribution is 2.21. The van der Waals surface area contributed by atoms with Crippen LogP contribution in [0.15, 0.2) is 18.2 Å². The lowest BCUT2D eigenvalue weighted by molar-refractivity contribution is 0.932. The van der Waals surface area contributed by atoms with E-state index in [4.69, 9.17) is 17.3 Å². The van der Waals surface area contributed by atoms with Crippen molar-refractivity contribution in [1.29, 1.82) is 0 Å². The van der Waals surface area contributed by atoms with Crippen LogP contribution in [0.3, 0.4) is 0 Å². The molecule has 0 unspecified atom stereocenters. The van der Waals surface area contributed by atoms with E-state index in [1.54, 1.807) is 17.4 Å². The molecule has 2 rings (SSSR count). The summed E-state index contributed by atoms with van der Waals surface area (Å²) in [5.74, 6) is 2.04. The average molecular weight is 283 g/mol. The third-order valence-electron chi connectivity index (χ3n) is 2.41. The van der Waals surface area contributed by atoms with Crippen molar-refractivity contribution in [3.8, 4) is 0 Å². The average Bonchev–Trinajstić information content (AvgIpc) is 2.74. The van der Waals surface area contributed by atoms with Gasteiger partial charge in [-0.05, 0) is 18.6 Å². The molecule has 0 saturated carbocycles. The fourth-order valence-electron chi connectivity index (χ4n) is 1.57. The van der Waals surface area contributed by atoms with Crippen molar-refractivity contribution in [2.75, 3.05) is 17.6 Å². The number of aryl methyl sites for hydroxylation is 1. The van der Waals surface area contributed by atoms with E-state index in [1.807, 2.05) is 19.1 Å². The molecule has 0 aromatic carbocycles. The van der Waals surface area contributed by atoms with E-state index in [2.05, 4.69) is 15.3 Å². The molecule has 4 nitrogen and oxygen atoms in total. The molecule has 2 aromatic rings. The first-order chi connectivity index (χ1) is 8.67. The van der Waals surface area contributed by atoms with E-state index in [1.165, 1.54) is 4.88 Å². The third-order valence-corrected chi connectivity index (χ3v) is 3.71. The third kappa shape index (κ3) is 3.58. The zero-order valence-electron chi connectivity index (χ0n) is 10.1. The number of anilines is 2. The normalized spacial score (nSPS) is 10.6. The van der Waals surface area contributed by atoms with Crippen LogP contribution < -0.4 is 11.1 Å². The second kappa shape index (κ2) is 6.02. The molecule has 0 amide bonds. The van der Waals surface area contributed by atoms with Gasteiger partial charge in [-0.2, -0.15) is 0 Å². The minimum absolute atomic E-state index is 0.503. The summed E-state index contributed by atoms with van der Waals surface area (Å²) in [5.41, 5.74) is 5.71. The van der Waals surface area contributed by atoms with Gasteiger partial charge in [0.1, 0.15) is 17.5 Å². The smallest absolute Gasteiger partial charge is 0.132 e. The van der Waals surface area contributed by atoms with Gasteiger partial charge in [0, 0.05) is 23.9 Å².